The second-order valence-electron chi connectivity index (χ2n) is 3.29. The fourth-order valence-corrected chi connectivity index (χ4v) is 2.01. The van der Waals surface area contributed by atoms with Crippen LogP contribution in [0.15, 0.2) is 30.3 Å². The molecule has 10 nitrogen and oxygen atoms in total. The van der Waals surface area contributed by atoms with Crippen molar-refractivity contribution < 1.29 is 43.2 Å². The van der Waals surface area contributed by atoms with Crippen molar-refractivity contribution in [2.45, 2.75) is 6.29 Å². The van der Waals surface area contributed by atoms with Crippen LogP contribution in [0.25, 0.3) is 0 Å². The number of benzene rings is 1. The Balaban J connectivity index is 0.000000370. The van der Waals surface area contributed by atoms with E-state index in [0.717, 1.165) is 5.69 Å². The van der Waals surface area contributed by atoms with E-state index in [0.29, 0.717) is 0 Å². The first-order chi connectivity index (χ1) is 8.99. The Labute approximate surface area is 114 Å². The summed E-state index contributed by atoms with van der Waals surface area (Å²) < 4.78 is 22.2. The summed E-state index contributed by atoms with van der Waals surface area (Å²) in [6.07, 6.45) is -1.30. The number of aliphatic hydroxyl groups excluding tert-OH is 1. The first kappa shape index (κ1) is 19.2. The first-order valence-electron chi connectivity index (χ1n) is 4.97. The van der Waals surface area contributed by atoms with Crippen LogP contribution in [0.5, 0.6) is 0 Å². The molecule has 20 heavy (non-hydrogen) atoms. The zero-order valence-electron chi connectivity index (χ0n) is 9.97. The van der Waals surface area contributed by atoms with Gasteiger partial charge in [-0.25, -0.2) is 9.13 Å². The van der Waals surface area contributed by atoms with Gasteiger partial charge in [-0.15, -0.1) is 0 Å². The number of aliphatic hydroxyl groups is 2. The minimum Gasteiger partial charge on any atom is -0.380 e. The van der Waals surface area contributed by atoms with E-state index in [1.807, 2.05) is 30.3 Å². The normalized spacial score (nSPS) is 11.8. The van der Waals surface area contributed by atoms with Gasteiger partial charge in [0.15, 0.2) is 6.29 Å². The Morgan fingerprint density at radius 2 is 1.45 bits per heavy atom. The molecule has 12 heteroatoms. The smallest absolute Gasteiger partial charge is 0.380 e. The Hall–Kier alpha value is -0.800. The SMILES string of the molecule is O=P(O)(O)OP(=O)(O)O.OC(O)CNc1ccccc1. The van der Waals surface area contributed by atoms with Gasteiger partial charge < -0.3 is 35.1 Å². The summed E-state index contributed by atoms with van der Waals surface area (Å²) in [4.78, 5) is 31.0. The van der Waals surface area contributed by atoms with Crippen molar-refractivity contribution in [3.05, 3.63) is 30.3 Å². The predicted molar refractivity (Wildman–Crippen MR) is 68.3 cm³/mol. The third-order valence-corrected chi connectivity index (χ3v) is 3.18. The van der Waals surface area contributed by atoms with Crippen molar-refractivity contribution in [2.24, 2.45) is 0 Å². The molecule has 0 unspecified atom stereocenters. The van der Waals surface area contributed by atoms with Crippen LogP contribution in [0.3, 0.4) is 0 Å². The molecular weight excluding hydrogens is 316 g/mol. The van der Waals surface area contributed by atoms with Gasteiger partial charge in [-0.2, -0.15) is 4.31 Å². The van der Waals surface area contributed by atoms with Crippen LogP contribution in [-0.2, 0) is 13.4 Å². The lowest BCUT2D eigenvalue weighted by molar-refractivity contribution is -0.0275. The lowest BCUT2D eigenvalue weighted by Gasteiger charge is -2.06. The van der Waals surface area contributed by atoms with E-state index in [-0.39, 0.29) is 6.54 Å². The molecule has 0 aromatic heterocycles. The van der Waals surface area contributed by atoms with Crippen LogP contribution < -0.4 is 5.32 Å². The van der Waals surface area contributed by atoms with Crippen molar-refractivity contribution in [1.29, 1.82) is 0 Å². The van der Waals surface area contributed by atoms with Gasteiger partial charge in [0.2, 0.25) is 0 Å². The highest BCUT2D eigenvalue weighted by Crippen LogP contribution is 2.53. The van der Waals surface area contributed by atoms with Gasteiger partial charge in [-0.3, -0.25) is 0 Å². The highest BCUT2D eigenvalue weighted by molar-refractivity contribution is 7.60. The van der Waals surface area contributed by atoms with Crippen LogP contribution >= 0.6 is 15.6 Å². The van der Waals surface area contributed by atoms with Gasteiger partial charge in [0.1, 0.15) is 0 Å². The molecule has 0 atom stereocenters. The monoisotopic (exact) mass is 331 g/mol. The first-order valence-corrected chi connectivity index (χ1v) is 8.03. The molecule has 0 radical (unpaired) electrons. The largest absolute Gasteiger partial charge is 0.478 e. The quantitative estimate of drug-likeness (QED) is 0.277. The standard InChI is InChI=1S/C8H11NO2.H4O7P2/c10-8(11)6-9-7-4-2-1-3-5-7;1-8(2,3)7-9(4,5)6/h1-5,8-11H,6H2;(H2,1,2,3)(H2,4,5,6). The summed E-state index contributed by atoms with van der Waals surface area (Å²) >= 11 is 0. The molecule has 0 heterocycles. The summed E-state index contributed by atoms with van der Waals surface area (Å²) in [5.74, 6) is 0. The molecule has 1 aromatic carbocycles. The molecule has 0 aliphatic heterocycles. The van der Waals surface area contributed by atoms with Crippen LogP contribution in [0.1, 0.15) is 0 Å². The van der Waals surface area contributed by atoms with E-state index < -0.39 is 21.9 Å². The summed E-state index contributed by atoms with van der Waals surface area (Å²) in [6.45, 7) is 0.157. The molecule has 0 bridgehead atoms. The van der Waals surface area contributed by atoms with Crippen LogP contribution in [-0.4, -0.2) is 42.6 Å². The maximum atomic E-state index is 9.63. The van der Waals surface area contributed by atoms with Gasteiger partial charge in [0, 0.05) is 5.69 Å². The van der Waals surface area contributed by atoms with E-state index in [2.05, 4.69) is 9.63 Å². The number of phosphoric acid groups is 2. The number of hydrogen-bond donors (Lipinski definition) is 7. The van der Waals surface area contributed by atoms with Gasteiger partial charge in [0.05, 0.1) is 6.54 Å². The van der Waals surface area contributed by atoms with E-state index in [1.165, 1.54) is 0 Å². The van der Waals surface area contributed by atoms with Crippen molar-refractivity contribution in [1.82, 2.24) is 0 Å². The van der Waals surface area contributed by atoms with Crippen molar-refractivity contribution in [2.75, 3.05) is 11.9 Å². The molecule has 0 fully saturated rings. The second-order valence-corrected chi connectivity index (χ2v) is 5.91. The molecular formula is C8H15NO9P2. The number of hydrogen-bond acceptors (Lipinski definition) is 6. The number of nitrogens with one attached hydrogen (secondary N) is 1. The molecule has 0 aliphatic carbocycles. The summed E-state index contributed by atoms with van der Waals surface area (Å²) in [5.41, 5.74) is 0.889. The zero-order valence-corrected chi connectivity index (χ0v) is 11.8. The van der Waals surface area contributed by atoms with Gasteiger partial charge in [-0.1, -0.05) is 18.2 Å². The minimum atomic E-state index is -5.05. The highest BCUT2D eigenvalue weighted by Gasteiger charge is 2.27. The van der Waals surface area contributed by atoms with E-state index in [4.69, 9.17) is 29.8 Å². The zero-order chi connectivity index (χ0) is 15.8. The van der Waals surface area contributed by atoms with Crippen molar-refractivity contribution in [3.63, 3.8) is 0 Å². The Kier molecular flexibility index (Phi) is 8.14. The summed E-state index contributed by atoms with van der Waals surface area (Å²) in [5, 5.41) is 19.9. The maximum absolute atomic E-state index is 9.63. The van der Waals surface area contributed by atoms with Crippen LogP contribution in [0.4, 0.5) is 5.69 Å². The predicted octanol–water partition coefficient (Wildman–Crippen LogP) is -0.402. The molecule has 7 N–H and O–H groups in total. The Bertz CT molecular complexity index is 448. The molecule has 116 valence electrons. The average molecular weight is 331 g/mol. The van der Waals surface area contributed by atoms with Gasteiger partial charge >= 0.3 is 15.6 Å². The second kappa shape index (κ2) is 8.48. The summed E-state index contributed by atoms with van der Waals surface area (Å²) in [7, 11) is -10.1. The molecule has 1 rings (SSSR count). The Morgan fingerprint density at radius 3 is 1.75 bits per heavy atom. The van der Waals surface area contributed by atoms with Crippen molar-refractivity contribution >= 4 is 21.3 Å². The molecule has 1 aromatic rings. The molecule has 0 amide bonds. The number of anilines is 1. The average Bonchev–Trinajstić information content (AvgIpc) is 2.23. The van der Waals surface area contributed by atoms with Crippen LogP contribution in [0.2, 0.25) is 0 Å². The third kappa shape index (κ3) is 13.6. The van der Waals surface area contributed by atoms with E-state index in [9.17, 15) is 9.13 Å². The maximum Gasteiger partial charge on any atom is 0.478 e. The number of para-hydroxylation sites is 1. The van der Waals surface area contributed by atoms with Gasteiger partial charge in [0.25, 0.3) is 0 Å². The molecule has 0 aliphatic rings. The minimum absolute atomic E-state index is 0.157. The molecule has 0 spiro atoms. The van der Waals surface area contributed by atoms with E-state index >= 15 is 0 Å². The third-order valence-electron chi connectivity index (χ3n) is 1.48. The van der Waals surface area contributed by atoms with Crippen molar-refractivity contribution in [3.8, 4) is 0 Å². The molecule has 0 saturated heterocycles. The fourth-order valence-electron chi connectivity index (χ4n) is 0.904. The van der Waals surface area contributed by atoms with Crippen LogP contribution in [0, 0.1) is 0 Å². The van der Waals surface area contributed by atoms with Gasteiger partial charge in [-0.05, 0) is 12.1 Å². The Morgan fingerprint density at radius 1 is 1.00 bits per heavy atom. The lowest BCUT2D eigenvalue weighted by atomic mass is 10.3. The number of rotatable bonds is 5. The lowest BCUT2D eigenvalue weighted by Crippen LogP contribution is -2.17. The molecule has 0 saturated carbocycles. The fraction of sp³-hybridized carbons (Fsp3) is 0.250. The van der Waals surface area contributed by atoms with E-state index in [1.54, 1.807) is 0 Å². The topological polar surface area (TPSA) is 177 Å². The summed E-state index contributed by atoms with van der Waals surface area (Å²) in [6, 6.07) is 9.39. The highest BCUT2D eigenvalue weighted by atomic mass is 31.3.